The van der Waals surface area contributed by atoms with Gasteiger partial charge in [-0.05, 0) is 67.9 Å². The molecule has 2 aromatic carbocycles. The summed E-state index contributed by atoms with van der Waals surface area (Å²) in [5.41, 5.74) is 3.07. The molecule has 2 amide bonds. The number of piperidine rings is 1. The Balaban J connectivity index is 1.46. The molecule has 0 saturated carbocycles. The highest BCUT2D eigenvalue weighted by molar-refractivity contribution is 7.22. The van der Waals surface area contributed by atoms with Crippen molar-refractivity contribution in [2.45, 2.75) is 37.3 Å². The van der Waals surface area contributed by atoms with Gasteiger partial charge >= 0.3 is 6.03 Å². The van der Waals surface area contributed by atoms with Crippen LogP contribution in [0.2, 0.25) is 0 Å². The molecule has 1 saturated heterocycles. The lowest BCUT2D eigenvalue weighted by molar-refractivity contribution is 0.0213. The summed E-state index contributed by atoms with van der Waals surface area (Å²) < 4.78 is 19.8. The number of anilines is 1. The number of carbonyl (C=O) groups is 1. The second kappa shape index (κ2) is 7.71. The number of carbonyl (C=O) groups excluding carboxylic acids is 1. The average molecular weight is 455 g/mol. The lowest BCUT2D eigenvalue weighted by Crippen LogP contribution is -2.67. The van der Waals surface area contributed by atoms with Crippen molar-refractivity contribution < 1.29 is 13.9 Å². The number of nitrogens with one attached hydrogen (secondary N) is 1. The van der Waals surface area contributed by atoms with E-state index >= 15 is 0 Å². The van der Waals surface area contributed by atoms with Gasteiger partial charge < -0.3 is 14.5 Å². The number of urea groups is 1. The lowest BCUT2D eigenvalue weighted by atomic mass is 9.61. The zero-order valence-corrected chi connectivity index (χ0v) is 19.5. The van der Waals surface area contributed by atoms with Crippen LogP contribution in [0.15, 0.2) is 36.4 Å². The van der Waals surface area contributed by atoms with E-state index in [2.05, 4.69) is 41.3 Å². The largest absolute Gasteiger partial charge is 0.497 e. The third kappa shape index (κ3) is 3.33. The fourth-order valence-electron chi connectivity index (χ4n) is 5.51. The molecular weight excluding hydrogens is 427 g/mol. The SMILES string of the molecule is COc1ccc2c(c1)[C@]1(C)CCN(C)[C@H](C2)[C@@H]1N(C)C(=O)Nc1nc2ccc(F)cc2s1. The maximum absolute atomic E-state index is 13.5. The van der Waals surface area contributed by atoms with E-state index in [4.69, 9.17) is 4.74 Å². The van der Waals surface area contributed by atoms with Crippen molar-refractivity contribution in [1.29, 1.82) is 0 Å². The van der Waals surface area contributed by atoms with E-state index in [1.54, 1.807) is 13.2 Å². The van der Waals surface area contributed by atoms with Gasteiger partial charge in [-0.15, -0.1) is 0 Å². The van der Waals surface area contributed by atoms with Crippen molar-refractivity contribution in [3.63, 3.8) is 0 Å². The third-order valence-electron chi connectivity index (χ3n) is 7.23. The fourth-order valence-corrected chi connectivity index (χ4v) is 6.39. The van der Waals surface area contributed by atoms with Crippen molar-refractivity contribution in [3.05, 3.63) is 53.3 Å². The van der Waals surface area contributed by atoms with E-state index in [1.807, 2.05) is 18.0 Å². The molecule has 1 fully saturated rings. The molecule has 2 bridgehead atoms. The van der Waals surface area contributed by atoms with E-state index in [1.165, 1.54) is 34.6 Å². The minimum Gasteiger partial charge on any atom is -0.497 e. The monoisotopic (exact) mass is 454 g/mol. The molecule has 1 aliphatic carbocycles. The number of likely N-dealkylation sites (N-methyl/N-ethyl adjacent to an activating group) is 2. The second-order valence-electron chi connectivity index (χ2n) is 9.06. The van der Waals surface area contributed by atoms with Crippen LogP contribution in [-0.4, -0.2) is 60.6 Å². The highest BCUT2D eigenvalue weighted by Crippen LogP contribution is 2.47. The number of methoxy groups -OCH3 is 1. The van der Waals surface area contributed by atoms with Crippen LogP contribution in [0, 0.1) is 5.82 Å². The molecule has 0 unspecified atom stereocenters. The molecule has 8 heteroatoms. The van der Waals surface area contributed by atoms with Crippen LogP contribution in [0.3, 0.4) is 0 Å². The van der Waals surface area contributed by atoms with Gasteiger partial charge in [0.15, 0.2) is 5.13 Å². The molecular formula is C24H27FN4O2S. The summed E-state index contributed by atoms with van der Waals surface area (Å²) in [6.45, 7) is 3.24. The van der Waals surface area contributed by atoms with Crippen LogP contribution >= 0.6 is 11.3 Å². The van der Waals surface area contributed by atoms with Gasteiger partial charge in [-0.25, -0.2) is 14.2 Å². The molecule has 168 valence electrons. The van der Waals surface area contributed by atoms with Gasteiger partial charge in [0.1, 0.15) is 11.6 Å². The zero-order chi connectivity index (χ0) is 22.6. The number of thiazole rings is 1. The van der Waals surface area contributed by atoms with Crippen LogP contribution in [0.1, 0.15) is 24.5 Å². The van der Waals surface area contributed by atoms with Crippen molar-refractivity contribution >= 4 is 32.7 Å². The predicted octanol–water partition coefficient (Wildman–Crippen LogP) is 4.49. The number of aromatic nitrogens is 1. The number of halogens is 1. The number of benzene rings is 2. The molecule has 1 aliphatic heterocycles. The number of fused-ring (bicyclic) bond motifs is 5. The number of nitrogens with zero attached hydrogens (tertiary/aromatic N) is 3. The second-order valence-corrected chi connectivity index (χ2v) is 10.1. The topological polar surface area (TPSA) is 57.7 Å². The summed E-state index contributed by atoms with van der Waals surface area (Å²) in [4.78, 5) is 22.0. The first-order valence-corrected chi connectivity index (χ1v) is 11.6. The third-order valence-corrected chi connectivity index (χ3v) is 8.16. The van der Waals surface area contributed by atoms with E-state index in [9.17, 15) is 9.18 Å². The van der Waals surface area contributed by atoms with E-state index in [0.29, 0.717) is 15.3 Å². The first-order chi connectivity index (χ1) is 15.3. The Morgan fingerprint density at radius 1 is 1.34 bits per heavy atom. The van der Waals surface area contributed by atoms with Crippen molar-refractivity contribution in [1.82, 2.24) is 14.8 Å². The smallest absolute Gasteiger partial charge is 0.323 e. The minimum atomic E-state index is -0.309. The van der Waals surface area contributed by atoms with Crippen LogP contribution in [-0.2, 0) is 11.8 Å². The zero-order valence-electron chi connectivity index (χ0n) is 18.7. The van der Waals surface area contributed by atoms with Crippen molar-refractivity contribution in [3.8, 4) is 5.75 Å². The summed E-state index contributed by atoms with van der Waals surface area (Å²) in [7, 11) is 5.69. The molecule has 0 radical (unpaired) electrons. The molecule has 2 aliphatic rings. The Bertz CT molecular complexity index is 1200. The molecule has 0 spiro atoms. The summed E-state index contributed by atoms with van der Waals surface area (Å²) in [6, 6.07) is 10.8. The molecule has 6 nitrogen and oxygen atoms in total. The number of rotatable bonds is 3. The van der Waals surface area contributed by atoms with E-state index < -0.39 is 0 Å². The average Bonchev–Trinajstić information content (AvgIpc) is 3.17. The summed E-state index contributed by atoms with van der Waals surface area (Å²) >= 11 is 1.28. The lowest BCUT2D eigenvalue weighted by Gasteiger charge is -2.57. The van der Waals surface area contributed by atoms with Crippen molar-refractivity contribution in [2.75, 3.05) is 33.1 Å². The van der Waals surface area contributed by atoms with Crippen LogP contribution < -0.4 is 10.1 Å². The molecule has 32 heavy (non-hydrogen) atoms. The van der Waals surface area contributed by atoms with Gasteiger partial charge in [0.05, 0.1) is 23.4 Å². The highest BCUT2D eigenvalue weighted by Gasteiger charge is 2.52. The van der Waals surface area contributed by atoms with Gasteiger partial charge in [0.2, 0.25) is 0 Å². The minimum absolute atomic E-state index is 0.00678. The van der Waals surface area contributed by atoms with Gasteiger partial charge in [-0.2, -0.15) is 0 Å². The van der Waals surface area contributed by atoms with Crippen molar-refractivity contribution in [2.24, 2.45) is 0 Å². The molecule has 1 aromatic heterocycles. The summed E-state index contributed by atoms with van der Waals surface area (Å²) in [5.74, 6) is 0.533. The summed E-state index contributed by atoms with van der Waals surface area (Å²) in [6.07, 6.45) is 1.83. The Hall–Kier alpha value is -2.71. The standard InChI is InChI=1S/C24H27FN4O2S/c1-24-9-10-28(2)19(11-14-5-7-16(31-4)13-17(14)24)21(24)29(3)23(30)27-22-26-18-8-6-15(25)12-20(18)32-22/h5-8,12-13,19,21H,9-11H2,1-4H3,(H,26,27,30)/t19-,21+,24+/m1/s1. The van der Waals surface area contributed by atoms with Crippen LogP contribution in [0.5, 0.6) is 5.75 Å². The molecule has 2 heterocycles. The number of hydrogen-bond donors (Lipinski definition) is 1. The number of likely N-dealkylation sites (tertiary alicyclic amines) is 1. The normalized spacial score (nSPS) is 24.8. The van der Waals surface area contributed by atoms with Crippen LogP contribution in [0.4, 0.5) is 14.3 Å². The molecule has 3 aromatic rings. The fraction of sp³-hybridized carbons (Fsp3) is 0.417. The Morgan fingerprint density at radius 2 is 2.16 bits per heavy atom. The number of amides is 2. The first kappa shape index (κ1) is 21.2. The maximum Gasteiger partial charge on any atom is 0.323 e. The molecule has 5 rings (SSSR count). The highest BCUT2D eigenvalue weighted by atomic mass is 32.1. The van der Waals surface area contributed by atoms with Gasteiger partial charge in [0.25, 0.3) is 0 Å². The van der Waals surface area contributed by atoms with Gasteiger partial charge in [-0.3, -0.25) is 5.32 Å². The Morgan fingerprint density at radius 3 is 2.94 bits per heavy atom. The van der Waals surface area contributed by atoms with Crippen LogP contribution in [0.25, 0.3) is 10.2 Å². The van der Waals surface area contributed by atoms with Gasteiger partial charge in [-0.1, -0.05) is 24.3 Å². The molecule has 3 atom stereocenters. The summed E-state index contributed by atoms with van der Waals surface area (Å²) in [5, 5.41) is 3.42. The van der Waals surface area contributed by atoms with E-state index in [0.717, 1.165) is 25.1 Å². The number of hydrogen-bond acceptors (Lipinski definition) is 5. The quantitative estimate of drug-likeness (QED) is 0.633. The molecule has 1 N–H and O–H groups in total. The van der Waals surface area contributed by atoms with E-state index in [-0.39, 0.29) is 29.3 Å². The number of ether oxygens (including phenoxy) is 1. The predicted molar refractivity (Wildman–Crippen MR) is 125 cm³/mol. The Kier molecular flexibility index (Phi) is 5.09. The maximum atomic E-state index is 13.5. The van der Waals surface area contributed by atoms with Gasteiger partial charge in [0, 0.05) is 18.5 Å². The Labute approximate surface area is 191 Å². The first-order valence-electron chi connectivity index (χ1n) is 10.8.